The number of nitrogens with zero attached hydrogens (tertiary/aromatic N) is 1. The summed E-state index contributed by atoms with van der Waals surface area (Å²) in [5, 5.41) is 0. The number of fused-ring (bicyclic) bond motifs is 1. The highest BCUT2D eigenvalue weighted by molar-refractivity contribution is 9.10. The minimum atomic E-state index is -0.177. The topological polar surface area (TPSA) is 29.5 Å². The van der Waals surface area contributed by atoms with E-state index in [2.05, 4.69) is 34.1 Å². The number of carbonyl (C=O) groups excluding carboxylic acids is 1. The molecule has 1 aliphatic rings. The molecule has 4 heteroatoms. The molecule has 1 aliphatic heterocycles. The lowest BCUT2D eigenvalue weighted by Crippen LogP contribution is -2.29. The fourth-order valence-electron chi connectivity index (χ4n) is 3.65. The summed E-state index contributed by atoms with van der Waals surface area (Å²) in [7, 11) is 1.66. The van der Waals surface area contributed by atoms with Crippen LogP contribution >= 0.6 is 15.9 Å². The Hall–Kier alpha value is -2.59. The van der Waals surface area contributed by atoms with Crippen LogP contribution in [0.15, 0.2) is 77.3 Å². The molecule has 3 aromatic carbocycles. The molecule has 3 nitrogen and oxygen atoms in total. The maximum atomic E-state index is 13.3. The molecular weight excluding hydrogens is 402 g/mol. The van der Waals surface area contributed by atoms with E-state index in [0.717, 1.165) is 32.6 Å². The number of ether oxygens (including phenoxy) is 1. The van der Waals surface area contributed by atoms with E-state index >= 15 is 0 Å². The summed E-state index contributed by atoms with van der Waals surface area (Å²) in [6.45, 7) is 0.581. The van der Waals surface area contributed by atoms with Gasteiger partial charge in [0.1, 0.15) is 5.75 Å². The molecule has 1 unspecified atom stereocenters. The Morgan fingerprint density at radius 3 is 2.52 bits per heavy atom. The SMILES string of the molecule is COc1cccc(CC2C(=O)N(Cc3ccccc3)c3cc(Br)ccc32)c1. The Morgan fingerprint density at radius 1 is 0.963 bits per heavy atom. The van der Waals surface area contributed by atoms with Gasteiger partial charge in [0.05, 0.1) is 19.6 Å². The third-order valence-corrected chi connectivity index (χ3v) is 5.47. The molecule has 0 saturated heterocycles. The van der Waals surface area contributed by atoms with Crippen molar-refractivity contribution in [3.05, 3.63) is 94.0 Å². The van der Waals surface area contributed by atoms with Crippen LogP contribution in [-0.4, -0.2) is 13.0 Å². The van der Waals surface area contributed by atoms with Gasteiger partial charge in [-0.1, -0.05) is 64.5 Å². The lowest BCUT2D eigenvalue weighted by Gasteiger charge is -2.18. The summed E-state index contributed by atoms with van der Waals surface area (Å²) in [6.07, 6.45) is 0.663. The van der Waals surface area contributed by atoms with Crippen molar-refractivity contribution in [2.75, 3.05) is 12.0 Å². The van der Waals surface area contributed by atoms with E-state index < -0.39 is 0 Å². The molecule has 27 heavy (non-hydrogen) atoms. The molecule has 0 N–H and O–H groups in total. The largest absolute Gasteiger partial charge is 0.497 e. The normalized spacial score (nSPS) is 15.7. The maximum absolute atomic E-state index is 13.3. The molecule has 0 fully saturated rings. The molecule has 0 aromatic heterocycles. The first-order valence-corrected chi connectivity index (χ1v) is 9.72. The van der Waals surface area contributed by atoms with Gasteiger partial charge in [-0.15, -0.1) is 0 Å². The van der Waals surface area contributed by atoms with Crippen LogP contribution in [0.1, 0.15) is 22.6 Å². The van der Waals surface area contributed by atoms with Crippen molar-refractivity contribution >= 4 is 27.5 Å². The van der Waals surface area contributed by atoms with Gasteiger partial charge in [0.2, 0.25) is 5.91 Å². The van der Waals surface area contributed by atoms with Crippen molar-refractivity contribution in [1.82, 2.24) is 0 Å². The van der Waals surface area contributed by atoms with Crippen molar-refractivity contribution < 1.29 is 9.53 Å². The van der Waals surface area contributed by atoms with Crippen molar-refractivity contribution in [2.45, 2.75) is 18.9 Å². The summed E-state index contributed by atoms with van der Waals surface area (Å²) in [4.78, 5) is 15.2. The number of hydrogen-bond acceptors (Lipinski definition) is 2. The van der Waals surface area contributed by atoms with Crippen LogP contribution in [0.5, 0.6) is 5.75 Å². The van der Waals surface area contributed by atoms with Gasteiger partial charge in [-0.3, -0.25) is 4.79 Å². The van der Waals surface area contributed by atoms with Crippen LogP contribution in [-0.2, 0) is 17.8 Å². The average molecular weight is 422 g/mol. The maximum Gasteiger partial charge on any atom is 0.235 e. The molecule has 0 saturated carbocycles. The molecular formula is C23H20BrNO2. The van der Waals surface area contributed by atoms with E-state index in [1.807, 2.05) is 59.5 Å². The van der Waals surface area contributed by atoms with Gasteiger partial charge in [0.15, 0.2) is 0 Å². The van der Waals surface area contributed by atoms with E-state index in [0.29, 0.717) is 13.0 Å². The Bertz CT molecular complexity index is 971. The highest BCUT2D eigenvalue weighted by Gasteiger charge is 2.37. The minimum Gasteiger partial charge on any atom is -0.497 e. The first kappa shape index (κ1) is 17.8. The van der Waals surface area contributed by atoms with Gasteiger partial charge >= 0.3 is 0 Å². The van der Waals surface area contributed by atoms with E-state index in [1.54, 1.807) is 7.11 Å². The van der Waals surface area contributed by atoms with Crippen LogP contribution in [0.3, 0.4) is 0 Å². The van der Waals surface area contributed by atoms with E-state index in [-0.39, 0.29) is 11.8 Å². The molecule has 3 aromatic rings. The molecule has 136 valence electrons. The second kappa shape index (κ2) is 7.57. The number of carbonyl (C=O) groups is 1. The van der Waals surface area contributed by atoms with Crippen LogP contribution in [0.25, 0.3) is 0 Å². The Balaban J connectivity index is 1.68. The molecule has 1 amide bonds. The Labute approximate surface area is 167 Å². The number of halogens is 1. The van der Waals surface area contributed by atoms with E-state index in [9.17, 15) is 4.79 Å². The zero-order valence-corrected chi connectivity index (χ0v) is 16.6. The summed E-state index contributed by atoms with van der Waals surface area (Å²) in [5.74, 6) is 0.786. The van der Waals surface area contributed by atoms with Gasteiger partial charge in [-0.25, -0.2) is 0 Å². The number of amides is 1. The highest BCUT2D eigenvalue weighted by Crippen LogP contribution is 2.41. The predicted octanol–water partition coefficient (Wildman–Crippen LogP) is 5.33. The molecule has 1 heterocycles. The number of hydrogen-bond donors (Lipinski definition) is 0. The number of methoxy groups -OCH3 is 1. The first-order valence-electron chi connectivity index (χ1n) is 8.93. The van der Waals surface area contributed by atoms with Crippen molar-refractivity contribution in [3.8, 4) is 5.75 Å². The average Bonchev–Trinajstić information content (AvgIpc) is 2.94. The zero-order valence-electron chi connectivity index (χ0n) is 15.1. The van der Waals surface area contributed by atoms with Gasteiger partial charge in [-0.2, -0.15) is 0 Å². The van der Waals surface area contributed by atoms with Gasteiger partial charge in [0, 0.05) is 10.2 Å². The second-order valence-electron chi connectivity index (χ2n) is 6.72. The second-order valence-corrected chi connectivity index (χ2v) is 7.64. The summed E-state index contributed by atoms with van der Waals surface area (Å²) < 4.78 is 6.31. The fraction of sp³-hybridized carbons (Fsp3) is 0.174. The minimum absolute atomic E-state index is 0.148. The van der Waals surface area contributed by atoms with Gasteiger partial charge in [0.25, 0.3) is 0 Å². The quantitative estimate of drug-likeness (QED) is 0.556. The number of anilines is 1. The molecule has 0 radical (unpaired) electrons. The van der Waals surface area contributed by atoms with Crippen LogP contribution in [0, 0.1) is 0 Å². The third kappa shape index (κ3) is 3.62. The first-order chi connectivity index (χ1) is 13.2. The zero-order chi connectivity index (χ0) is 18.8. The standard InChI is InChI=1S/C23H20BrNO2/c1-27-19-9-5-8-17(12-19)13-21-20-11-10-18(24)14-22(20)25(23(21)26)15-16-6-3-2-4-7-16/h2-12,14,21H,13,15H2,1H3. The fourth-order valence-corrected chi connectivity index (χ4v) is 4.00. The molecule has 4 rings (SSSR count). The lowest BCUT2D eigenvalue weighted by atomic mass is 9.93. The molecule has 1 atom stereocenters. The third-order valence-electron chi connectivity index (χ3n) is 4.98. The van der Waals surface area contributed by atoms with E-state index in [4.69, 9.17) is 4.74 Å². The summed E-state index contributed by atoms with van der Waals surface area (Å²) in [5.41, 5.74) is 4.30. The Kier molecular flexibility index (Phi) is 4.99. The summed E-state index contributed by atoms with van der Waals surface area (Å²) >= 11 is 3.55. The monoisotopic (exact) mass is 421 g/mol. The van der Waals surface area contributed by atoms with Gasteiger partial charge in [-0.05, 0) is 47.4 Å². The van der Waals surface area contributed by atoms with Crippen molar-refractivity contribution in [3.63, 3.8) is 0 Å². The smallest absolute Gasteiger partial charge is 0.235 e. The van der Waals surface area contributed by atoms with Crippen LogP contribution < -0.4 is 9.64 Å². The molecule has 0 spiro atoms. The van der Waals surface area contributed by atoms with Crippen LogP contribution in [0.4, 0.5) is 5.69 Å². The van der Waals surface area contributed by atoms with Crippen molar-refractivity contribution in [1.29, 1.82) is 0 Å². The van der Waals surface area contributed by atoms with Crippen LogP contribution in [0.2, 0.25) is 0 Å². The molecule has 0 bridgehead atoms. The van der Waals surface area contributed by atoms with E-state index in [1.165, 1.54) is 0 Å². The highest BCUT2D eigenvalue weighted by atomic mass is 79.9. The lowest BCUT2D eigenvalue weighted by molar-refractivity contribution is -0.119. The Morgan fingerprint density at radius 2 is 1.74 bits per heavy atom. The summed E-state index contributed by atoms with van der Waals surface area (Å²) in [6, 6.07) is 24.2. The molecule has 0 aliphatic carbocycles. The van der Waals surface area contributed by atoms with Crippen molar-refractivity contribution in [2.24, 2.45) is 0 Å². The number of rotatable bonds is 5. The van der Waals surface area contributed by atoms with Gasteiger partial charge < -0.3 is 9.64 Å². The number of benzene rings is 3. The predicted molar refractivity (Wildman–Crippen MR) is 111 cm³/mol.